The molecule has 1 heterocycles. The summed E-state index contributed by atoms with van der Waals surface area (Å²) in [5, 5.41) is 9.99. The smallest absolute Gasteiger partial charge is 0.352 e. The Morgan fingerprint density at radius 3 is 2.40 bits per heavy atom. The van der Waals surface area contributed by atoms with Crippen molar-refractivity contribution in [2.75, 3.05) is 0 Å². The second kappa shape index (κ2) is 4.49. The lowest BCUT2D eigenvalue weighted by atomic mass is 10.0. The molecule has 0 aliphatic rings. The molecule has 0 saturated heterocycles. The van der Waals surface area contributed by atoms with Gasteiger partial charge >= 0.3 is 5.97 Å². The van der Waals surface area contributed by atoms with Gasteiger partial charge in [0.15, 0.2) is 0 Å². The number of halogens is 1. The second-order valence-electron chi connectivity index (χ2n) is 4.70. The number of rotatable bonds is 2. The molecular formula is C16H12FNO2. The van der Waals surface area contributed by atoms with Gasteiger partial charge in [0.2, 0.25) is 0 Å². The lowest BCUT2D eigenvalue weighted by Crippen LogP contribution is -1.97. The minimum Gasteiger partial charge on any atom is -0.477 e. The van der Waals surface area contributed by atoms with E-state index in [9.17, 15) is 9.18 Å². The molecule has 2 N–H and O–H groups in total. The average molecular weight is 269 g/mol. The molecule has 20 heavy (non-hydrogen) atoms. The van der Waals surface area contributed by atoms with Crippen LogP contribution in [0.4, 0.5) is 4.39 Å². The highest BCUT2D eigenvalue weighted by Crippen LogP contribution is 2.27. The fourth-order valence-electron chi connectivity index (χ4n) is 2.37. The molecule has 100 valence electrons. The molecule has 0 aliphatic carbocycles. The first-order chi connectivity index (χ1) is 9.56. The quantitative estimate of drug-likeness (QED) is 0.739. The van der Waals surface area contributed by atoms with Gasteiger partial charge in [0.05, 0.1) is 0 Å². The topological polar surface area (TPSA) is 53.1 Å². The van der Waals surface area contributed by atoms with Crippen LogP contribution in [0.5, 0.6) is 0 Å². The second-order valence-corrected chi connectivity index (χ2v) is 4.70. The number of hydrogen-bond donors (Lipinski definition) is 2. The number of hydrogen-bond acceptors (Lipinski definition) is 1. The third-order valence-corrected chi connectivity index (χ3v) is 3.45. The van der Waals surface area contributed by atoms with Crippen LogP contribution >= 0.6 is 0 Å². The van der Waals surface area contributed by atoms with E-state index in [4.69, 9.17) is 5.11 Å². The van der Waals surface area contributed by atoms with Crippen LogP contribution in [0.15, 0.2) is 42.5 Å². The van der Waals surface area contributed by atoms with Gasteiger partial charge in [-0.25, -0.2) is 9.18 Å². The zero-order chi connectivity index (χ0) is 14.3. The highest BCUT2D eigenvalue weighted by molar-refractivity contribution is 5.98. The van der Waals surface area contributed by atoms with E-state index in [0.29, 0.717) is 0 Å². The Bertz CT molecular complexity index is 803. The summed E-state index contributed by atoms with van der Waals surface area (Å²) in [5.74, 6) is -1.25. The number of carboxylic acids is 1. The first kappa shape index (κ1) is 12.4. The lowest BCUT2D eigenvalue weighted by molar-refractivity contribution is 0.0691. The third kappa shape index (κ3) is 1.95. The number of benzene rings is 2. The van der Waals surface area contributed by atoms with Crippen molar-refractivity contribution in [3.8, 4) is 11.1 Å². The minimum absolute atomic E-state index is 0.205. The molecule has 0 unspecified atom stereocenters. The van der Waals surface area contributed by atoms with Crippen LogP contribution in [-0.4, -0.2) is 16.1 Å². The maximum absolute atomic E-state index is 12.9. The third-order valence-electron chi connectivity index (χ3n) is 3.45. The molecule has 2 aromatic carbocycles. The molecule has 4 heteroatoms. The summed E-state index contributed by atoms with van der Waals surface area (Å²) in [4.78, 5) is 14.0. The van der Waals surface area contributed by atoms with Crippen molar-refractivity contribution >= 4 is 16.9 Å². The number of carboxylic acid groups (broad SMARTS) is 1. The predicted molar refractivity (Wildman–Crippen MR) is 75.4 cm³/mol. The van der Waals surface area contributed by atoms with Crippen LogP contribution < -0.4 is 0 Å². The molecule has 3 rings (SSSR count). The summed E-state index contributed by atoms with van der Waals surface area (Å²) in [6.07, 6.45) is 0. The van der Waals surface area contributed by atoms with Crippen molar-refractivity contribution in [1.29, 1.82) is 0 Å². The largest absolute Gasteiger partial charge is 0.477 e. The van der Waals surface area contributed by atoms with Gasteiger partial charge in [0.1, 0.15) is 11.5 Å². The molecule has 0 fully saturated rings. The van der Waals surface area contributed by atoms with Crippen LogP contribution in [-0.2, 0) is 0 Å². The summed E-state index contributed by atoms with van der Waals surface area (Å²) in [5.41, 5.74) is 3.49. The molecule has 0 saturated carbocycles. The summed E-state index contributed by atoms with van der Waals surface area (Å²) < 4.78 is 12.9. The molecule has 3 aromatic rings. The molecule has 0 aliphatic heterocycles. The van der Waals surface area contributed by atoms with Gasteiger partial charge in [-0.3, -0.25) is 0 Å². The first-order valence-electron chi connectivity index (χ1n) is 6.18. The van der Waals surface area contributed by atoms with Gasteiger partial charge in [-0.1, -0.05) is 24.3 Å². The lowest BCUT2D eigenvalue weighted by Gasteiger charge is -2.02. The van der Waals surface area contributed by atoms with Crippen LogP contribution in [0.1, 0.15) is 16.1 Å². The zero-order valence-electron chi connectivity index (χ0n) is 10.8. The first-order valence-corrected chi connectivity index (χ1v) is 6.18. The van der Waals surface area contributed by atoms with Gasteiger partial charge in [0, 0.05) is 10.9 Å². The Morgan fingerprint density at radius 1 is 1.10 bits per heavy atom. The molecule has 0 radical (unpaired) electrons. The monoisotopic (exact) mass is 269 g/mol. The number of aromatic carboxylic acids is 1. The van der Waals surface area contributed by atoms with Gasteiger partial charge < -0.3 is 10.1 Å². The fourth-order valence-corrected chi connectivity index (χ4v) is 2.37. The van der Waals surface area contributed by atoms with Gasteiger partial charge in [-0.2, -0.15) is 0 Å². The SMILES string of the molecule is Cc1c(C(=O)O)[nH]c2cc(-c3ccc(F)cc3)ccc12. The number of nitrogens with one attached hydrogen (secondary N) is 1. The van der Waals surface area contributed by atoms with E-state index in [2.05, 4.69) is 4.98 Å². The molecule has 3 nitrogen and oxygen atoms in total. The minimum atomic E-state index is -0.970. The molecular weight excluding hydrogens is 257 g/mol. The summed E-state index contributed by atoms with van der Waals surface area (Å²) in [7, 11) is 0. The molecule has 0 amide bonds. The molecule has 0 spiro atoms. The number of aromatic amines is 1. The predicted octanol–water partition coefficient (Wildman–Crippen LogP) is 3.98. The van der Waals surface area contributed by atoms with Crippen molar-refractivity contribution < 1.29 is 14.3 Å². The Morgan fingerprint density at radius 2 is 1.75 bits per heavy atom. The number of carbonyl (C=O) groups is 1. The van der Waals surface area contributed by atoms with Gasteiger partial charge in [-0.05, 0) is 41.8 Å². The van der Waals surface area contributed by atoms with E-state index in [1.165, 1.54) is 12.1 Å². The number of aryl methyl sites for hydroxylation is 1. The highest BCUT2D eigenvalue weighted by atomic mass is 19.1. The summed E-state index contributed by atoms with van der Waals surface area (Å²) in [6, 6.07) is 11.9. The van der Waals surface area contributed by atoms with Crippen molar-refractivity contribution in [1.82, 2.24) is 4.98 Å². The van der Waals surface area contributed by atoms with Crippen LogP contribution in [0.3, 0.4) is 0 Å². The maximum Gasteiger partial charge on any atom is 0.352 e. The van der Waals surface area contributed by atoms with Gasteiger partial charge in [0.25, 0.3) is 0 Å². The molecule has 0 atom stereocenters. The van der Waals surface area contributed by atoms with E-state index in [-0.39, 0.29) is 11.5 Å². The Balaban J connectivity index is 2.15. The van der Waals surface area contributed by atoms with Crippen molar-refractivity contribution in [2.45, 2.75) is 6.92 Å². The van der Waals surface area contributed by atoms with Crippen LogP contribution in [0.25, 0.3) is 22.0 Å². The van der Waals surface area contributed by atoms with Gasteiger partial charge in [-0.15, -0.1) is 0 Å². The Hall–Kier alpha value is -2.62. The Labute approximate surface area is 114 Å². The normalized spacial score (nSPS) is 10.9. The van der Waals surface area contributed by atoms with Crippen LogP contribution in [0, 0.1) is 12.7 Å². The fraction of sp³-hybridized carbons (Fsp3) is 0.0625. The van der Waals surface area contributed by atoms with E-state index in [0.717, 1.165) is 27.6 Å². The van der Waals surface area contributed by atoms with E-state index in [1.54, 1.807) is 19.1 Å². The number of aromatic nitrogens is 1. The van der Waals surface area contributed by atoms with Crippen LogP contribution in [0.2, 0.25) is 0 Å². The summed E-state index contributed by atoms with van der Waals surface area (Å²) in [6.45, 7) is 1.78. The van der Waals surface area contributed by atoms with Crippen molar-refractivity contribution in [2.24, 2.45) is 0 Å². The molecule has 0 bridgehead atoms. The standard InChI is InChI=1S/C16H12FNO2/c1-9-13-7-4-11(10-2-5-12(17)6-3-10)8-14(13)18-15(9)16(19)20/h2-8,18H,1H3,(H,19,20). The summed E-state index contributed by atoms with van der Waals surface area (Å²) >= 11 is 0. The van der Waals surface area contributed by atoms with E-state index >= 15 is 0 Å². The number of fused-ring (bicyclic) bond motifs is 1. The molecule has 1 aromatic heterocycles. The highest BCUT2D eigenvalue weighted by Gasteiger charge is 2.13. The average Bonchev–Trinajstić information content (AvgIpc) is 2.77. The van der Waals surface area contributed by atoms with E-state index < -0.39 is 5.97 Å². The number of H-pyrrole nitrogens is 1. The van der Waals surface area contributed by atoms with Crippen molar-refractivity contribution in [3.05, 3.63) is 59.5 Å². The zero-order valence-corrected chi connectivity index (χ0v) is 10.8. The van der Waals surface area contributed by atoms with Crippen molar-refractivity contribution in [3.63, 3.8) is 0 Å². The Kier molecular flexibility index (Phi) is 2.79. The maximum atomic E-state index is 12.9. The van der Waals surface area contributed by atoms with E-state index in [1.807, 2.05) is 18.2 Å².